The molecule has 0 saturated heterocycles. The van der Waals surface area contributed by atoms with E-state index in [0.29, 0.717) is 0 Å². The minimum absolute atomic E-state index is 1.07. The van der Waals surface area contributed by atoms with Gasteiger partial charge in [0.15, 0.2) is 0 Å². The second-order valence-corrected chi connectivity index (χ2v) is 8.63. The van der Waals surface area contributed by atoms with E-state index in [1.165, 1.54) is 21.2 Å². The lowest BCUT2D eigenvalue weighted by molar-refractivity contribution is 1.10. The van der Waals surface area contributed by atoms with E-state index in [4.69, 9.17) is 0 Å². The van der Waals surface area contributed by atoms with Crippen molar-refractivity contribution in [2.24, 2.45) is 0 Å². The number of benzene rings is 2. The zero-order valence-electron chi connectivity index (χ0n) is 9.68. The summed E-state index contributed by atoms with van der Waals surface area (Å²) >= 11 is 16.1. The van der Waals surface area contributed by atoms with Crippen LogP contribution in [0.25, 0.3) is 0 Å². The molecule has 0 spiro atoms. The van der Waals surface area contributed by atoms with Crippen LogP contribution in [0.4, 0.5) is 11.4 Å². The normalized spacial score (nSPS) is 13.2. The van der Waals surface area contributed by atoms with Gasteiger partial charge in [0.05, 0.1) is 11.4 Å². The summed E-state index contributed by atoms with van der Waals surface area (Å²) < 4.78 is 4.29. The number of nitrogens with zero attached hydrogens (tertiary/aromatic N) is 1. The fraction of sp³-hybridized carbons (Fsp3) is 0.0769. The minimum atomic E-state index is 1.07. The highest BCUT2D eigenvalue weighted by Crippen LogP contribution is 2.51. The maximum atomic E-state index is 3.57. The molecule has 3 rings (SSSR count). The van der Waals surface area contributed by atoms with E-state index in [9.17, 15) is 0 Å². The van der Waals surface area contributed by atoms with Crippen LogP contribution in [-0.2, 0) is 0 Å². The van der Waals surface area contributed by atoms with Gasteiger partial charge in [0, 0.05) is 34.7 Å². The third-order valence-corrected chi connectivity index (χ3v) is 7.73. The summed E-state index contributed by atoms with van der Waals surface area (Å²) in [6, 6.07) is 8.59. The highest BCUT2D eigenvalue weighted by Gasteiger charge is 2.23. The number of fused-ring (bicyclic) bond motifs is 2. The molecule has 0 radical (unpaired) electrons. The fourth-order valence-electron chi connectivity index (χ4n) is 1.97. The fourth-order valence-corrected chi connectivity index (χ4v) is 4.82. The quantitative estimate of drug-likeness (QED) is 0.363. The van der Waals surface area contributed by atoms with Gasteiger partial charge < -0.3 is 4.90 Å². The molecule has 6 heteroatoms. The molecule has 2 aromatic carbocycles. The summed E-state index contributed by atoms with van der Waals surface area (Å²) in [6.07, 6.45) is 0. The van der Waals surface area contributed by atoms with Gasteiger partial charge >= 0.3 is 0 Å². The van der Waals surface area contributed by atoms with Crippen LogP contribution in [-0.4, -0.2) is 7.05 Å². The van der Waals surface area contributed by atoms with Gasteiger partial charge in [0.1, 0.15) is 0 Å². The topological polar surface area (TPSA) is 3.24 Å². The highest BCUT2D eigenvalue weighted by molar-refractivity contribution is 9.13. The highest BCUT2D eigenvalue weighted by atomic mass is 79.9. The Kier molecular flexibility index (Phi) is 4.08. The zero-order chi connectivity index (χ0) is 13.7. The van der Waals surface area contributed by atoms with Crippen molar-refractivity contribution in [3.63, 3.8) is 0 Å². The van der Waals surface area contributed by atoms with Gasteiger partial charge in [0.25, 0.3) is 0 Å². The summed E-state index contributed by atoms with van der Waals surface area (Å²) in [5.41, 5.74) is 2.42. The monoisotopic (exact) mass is 525 g/mol. The Labute approximate surface area is 149 Å². The molecule has 19 heavy (non-hydrogen) atoms. The standard InChI is InChI=1S/C13H7Br4NS/c1-18-10-2-6(14)8(16)4-12(10)19-13-5-9(17)7(15)3-11(13)18/h2-5H,1H3. The van der Waals surface area contributed by atoms with E-state index in [-0.39, 0.29) is 0 Å². The number of rotatable bonds is 0. The van der Waals surface area contributed by atoms with Gasteiger partial charge in [-0.05, 0) is 88.0 Å². The first-order valence-electron chi connectivity index (χ1n) is 5.37. The number of anilines is 2. The van der Waals surface area contributed by atoms with E-state index in [1.807, 2.05) is 0 Å². The summed E-state index contributed by atoms with van der Waals surface area (Å²) in [4.78, 5) is 4.72. The Bertz CT molecular complexity index is 629. The molecule has 0 aromatic heterocycles. The van der Waals surface area contributed by atoms with Crippen molar-refractivity contribution in [2.75, 3.05) is 11.9 Å². The Balaban J connectivity index is 2.20. The van der Waals surface area contributed by atoms with E-state index in [2.05, 4.69) is 99.9 Å². The van der Waals surface area contributed by atoms with Gasteiger partial charge in [-0.15, -0.1) is 0 Å². The van der Waals surface area contributed by atoms with Crippen molar-refractivity contribution >= 4 is 86.9 Å². The number of hydrogen-bond donors (Lipinski definition) is 0. The van der Waals surface area contributed by atoms with Crippen molar-refractivity contribution in [3.05, 3.63) is 42.2 Å². The van der Waals surface area contributed by atoms with Crippen molar-refractivity contribution < 1.29 is 0 Å². The van der Waals surface area contributed by atoms with Crippen LogP contribution < -0.4 is 4.90 Å². The van der Waals surface area contributed by atoms with Gasteiger partial charge in [-0.3, -0.25) is 0 Å². The van der Waals surface area contributed by atoms with E-state index in [0.717, 1.165) is 17.9 Å². The molecular weight excluding hydrogens is 522 g/mol. The van der Waals surface area contributed by atoms with Gasteiger partial charge in [-0.25, -0.2) is 0 Å². The lowest BCUT2D eigenvalue weighted by Gasteiger charge is -2.30. The largest absolute Gasteiger partial charge is 0.343 e. The first-order valence-corrected chi connectivity index (χ1v) is 9.36. The van der Waals surface area contributed by atoms with Crippen LogP contribution in [0.3, 0.4) is 0 Å². The molecule has 0 amide bonds. The average Bonchev–Trinajstić information content (AvgIpc) is 2.35. The molecule has 1 aliphatic rings. The van der Waals surface area contributed by atoms with Gasteiger partial charge in [-0.2, -0.15) is 0 Å². The second-order valence-electron chi connectivity index (χ2n) is 4.13. The van der Waals surface area contributed by atoms with Crippen molar-refractivity contribution in [1.29, 1.82) is 0 Å². The van der Waals surface area contributed by atoms with Gasteiger partial charge in [0.2, 0.25) is 0 Å². The Morgan fingerprint density at radius 1 is 0.737 bits per heavy atom. The summed E-state index contributed by atoms with van der Waals surface area (Å²) in [5.74, 6) is 0. The lowest BCUT2D eigenvalue weighted by Crippen LogP contribution is -2.14. The van der Waals surface area contributed by atoms with Crippen molar-refractivity contribution in [2.45, 2.75) is 9.79 Å². The second kappa shape index (κ2) is 5.37. The molecule has 2 aromatic rings. The minimum Gasteiger partial charge on any atom is -0.343 e. The SMILES string of the molecule is CN1c2cc(Br)c(Br)cc2Sc2cc(Br)c(Br)cc21. The van der Waals surface area contributed by atoms with Crippen molar-refractivity contribution in [3.8, 4) is 0 Å². The predicted molar refractivity (Wildman–Crippen MR) is 95.9 cm³/mol. The third kappa shape index (κ3) is 2.55. The van der Waals surface area contributed by atoms with Crippen LogP contribution in [0.15, 0.2) is 51.9 Å². The van der Waals surface area contributed by atoms with E-state index in [1.54, 1.807) is 11.8 Å². The van der Waals surface area contributed by atoms with Crippen LogP contribution in [0.5, 0.6) is 0 Å². The Hall–Kier alpha value is 0.510. The molecule has 1 aliphatic heterocycles. The molecule has 0 bridgehead atoms. The predicted octanol–water partition coefficient (Wildman–Crippen LogP) is 6.97. The zero-order valence-corrected chi connectivity index (χ0v) is 16.8. The molecule has 0 saturated carbocycles. The lowest BCUT2D eigenvalue weighted by atomic mass is 10.2. The van der Waals surface area contributed by atoms with E-state index >= 15 is 0 Å². The summed E-state index contributed by atoms with van der Waals surface area (Å²) in [5, 5.41) is 0. The smallest absolute Gasteiger partial charge is 0.0562 e. The van der Waals surface area contributed by atoms with E-state index < -0.39 is 0 Å². The van der Waals surface area contributed by atoms with Crippen LogP contribution in [0, 0.1) is 0 Å². The third-order valence-electron chi connectivity index (χ3n) is 2.95. The molecule has 0 atom stereocenters. The van der Waals surface area contributed by atoms with Crippen LogP contribution in [0.1, 0.15) is 0 Å². The molecule has 98 valence electrons. The first-order chi connectivity index (χ1) is 8.97. The molecule has 0 aliphatic carbocycles. The Morgan fingerprint density at radius 2 is 1.11 bits per heavy atom. The molecule has 0 fully saturated rings. The summed E-state index contributed by atoms with van der Waals surface area (Å²) in [7, 11) is 2.10. The molecule has 1 heterocycles. The maximum absolute atomic E-state index is 3.57. The molecular formula is C13H7Br4NS. The van der Waals surface area contributed by atoms with Crippen molar-refractivity contribution in [1.82, 2.24) is 0 Å². The van der Waals surface area contributed by atoms with Gasteiger partial charge in [-0.1, -0.05) is 11.8 Å². The molecule has 0 unspecified atom stereocenters. The Morgan fingerprint density at radius 3 is 1.53 bits per heavy atom. The molecule has 0 N–H and O–H groups in total. The van der Waals surface area contributed by atoms with Crippen LogP contribution >= 0.6 is 75.5 Å². The number of hydrogen-bond acceptors (Lipinski definition) is 2. The average molecular weight is 529 g/mol. The van der Waals surface area contributed by atoms with Crippen LogP contribution in [0.2, 0.25) is 0 Å². The molecule has 1 nitrogen and oxygen atoms in total. The number of halogens is 4. The maximum Gasteiger partial charge on any atom is 0.0562 e. The summed E-state index contributed by atoms with van der Waals surface area (Å²) in [6.45, 7) is 0. The first kappa shape index (κ1) is 14.4.